The standard InChI is InChI=1S/C23H25N5O3S/c1-13-10-11-24-16(4)21(13)26-23(29)19-12-14(2)25-22-20(19)15(3)27-28(22)17-6-8-18(9-7-17)32(5,30)31/h6-12,23,26,29H,1-5H3. The summed E-state index contributed by atoms with van der Waals surface area (Å²) in [6, 6.07) is 10.2. The highest BCUT2D eigenvalue weighted by molar-refractivity contribution is 7.90. The van der Waals surface area contributed by atoms with E-state index in [1.807, 2.05) is 39.8 Å². The van der Waals surface area contributed by atoms with Gasteiger partial charge in [-0.05, 0) is 69.7 Å². The lowest BCUT2D eigenvalue weighted by Gasteiger charge is -2.19. The van der Waals surface area contributed by atoms with E-state index < -0.39 is 16.1 Å². The molecule has 0 radical (unpaired) electrons. The lowest BCUT2D eigenvalue weighted by Crippen LogP contribution is -2.13. The maximum Gasteiger partial charge on any atom is 0.175 e. The molecule has 1 atom stereocenters. The average molecular weight is 452 g/mol. The van der Waals surface area contributed by atoms with Gasteiger partial charge >= 0.3 is 0 Å². The summed E-state index contributed by atoms with van der Waals surface area (Å²) in [5.74, 6) is 0. The van der Waals surface area contributed by atoms with Crippen LogP contribution >= 0.6 is 0 Å². The van der Waals surface area contributed by atoms with E-state index in [2.05, 4.69) is 20.4 Å². The van der Waals surface area contributed by atoms with Crippen molar-refractivity contribution in [1.29, 1.82) is 0 Å². The minimum Gasteiger partial charge on any atom is -0.369 e. The van der Waals surface area contributed by atoms with Crippen molar-refractivity contribution >= 4 is 26.6 Å². The number of sulfone groups is 1. The largest absolute Gasteiger partial charge is 0.369 e. The van der Waals surface area contributed by atoms with Gasteiger partial charge in [-0.15, -0.1) is 0 Å². The van der Waals surface area contributed by atoms with Gasteiger partial charge < -0.3 is 10.4 Å². The van der Waals surface area contributed by atoms with Crippen LogP contribution in [0.25, 0.3) is 16.7 Å². The molecule has 32 heavy (non-hydrogen) atoms. The molecule has 0 saturated heterocycles. The molecule has 0 aliphatic heterocycles. The van der Waals surface area contributed by atoms with Crippen LogP contribution in [0.15, 0.2) is 47.5 Å². The van der Waals surface area contributed by atoms with Gasteiger partial charge in [0.25, 0.3) is 0 Å². The monoisotopic (exact) mass is 451 g/mol. The Morgan fingerprint density at radius 2 is 1.72 bits per heavy atom. The number of nitrogens with one attached hydrogen (secondary N) is 1. The topological polar surface area (TPSA) is 110 Å². The third kappa shape index (κ3) is 3.96. The Kier molecular flexibility index (Phi) is 5.47. The van der Waals surface area contributed by atoms with Crippen molar-refractivity contribution in [2.24, 2.45) is 0 Å². The van der Waals surface area contributed by atoms with E-state index in [4.69, 9.17) is 0 Å². The lowest BCUT2D eigenvalue weighted by atomic mass is 10.1. The van der Waals surface area contributed by atoms with Crippen molar-refractivity contribution in [3.63, 3.8) is 0 Å². The van der Waals surface area contributed by atoms with Gasteiger partial charge in [-0.25, -0.2) is 18.1 Å². The maximum absolute atomic E-state index is 11.8. The van der Waals surface area contributed by atoms with E-state index in [9.17, 15) is 13.5 Å². The van der Waals surface area contributed by atoms with Gasteiger partial charge in [0.2, 0.25) is 0 Å². The molecule has 9 heteroatoms. The molecule has 2 N–H and O–H groups in total. The molecule has 3 aromatic heterocycles. The van der Waals surface area contributed by atoms with E-state index in [1.165, 1.54) is 6.26 Å². The predicted octanol–water partition coefficient (Wildman–Crippen LogP) is 3.56. The summed E-state index contributed by atoms with van der Waals surface area (Å²) in [4.78, 5) is 9.20. The zero-order valence-electron chi connectivity index (χ0n) is 18.6. The smallest absolute Gasteiger partial charge is 0.175 e. The SMILES string of the molecule is Cc1cc(C(O)Nc2c(C)ccnc2C)c2c(C)nn(-c3ccc(S(C)(=O)=O)cc3)c2n1. The number of hydrogen-bond donors (Lipinski definition) is 2. The number of benzene rings is 1. The zero-order valence-corrected chi connectivity index (χ0v) is 19.4. The molecule has 0 fully saturated rings. The number of fused-ring (bicyclic) bond motifs is 1. The van der Waals surface area contributed by atoms with Crippen molar-refractivity contribution < 1.29 is 13.5 Å². The third-order valence-corrected chi connectivity index (χ3v) is 6.53. The van der Waals surface area contributed by atoms with Gasteiger partial charge in [-0.2, -0.15) is 5.10 Å². The van der Waals surface area contributed by atoms with E-state index in [-0.39, 0.29) is 4.90 Å². The van der Waals surface area contributed by atoms with Crippen LogP contribution in [0.2, 0.25) is 0 Å². The van der Waals surface area contributed by atoms with Gasteiger partial charge in [0.1, 0.15) is 0 Å². The first-order valence-corrected chi connectivity index (χ1v) is 12.0. The summed E-state index contributed by atoms with van der Waals surface area (Å²) >= 11 is 0. The summed E-state index contributed by atoms with van der Waals surface area (Å²) in [6.07, 6.45) is 1.91. The maximum atomic E-state index is 11.8. The molecular formula is C23H25N5O3S. The number of nitrogens with zero attached hydrogens (tertiary/aromatic N) is 4. The second-order valence-electron chi connectivity index (χ2n) is 7.95. The van der Waals surface area contributed by atoms with Crippen molar-refractivity contribution in [2.45, 2.75) is 38.8 Å². The van der Waals surface area contributed by atoms with E-state index >= 15 is 0 Å². The summed E-state index contributed by atoms with van der Waals surface area (Å²) in [5.41, 5.74) is 5.92. The van der Waals surface area contributed by atoms with E-state index in [0.717, 1.165) is 28.0 Å². The Labute approximate surface area is 186 Å². The fourth-order valence-electron chi connectivity index (χ4n) is 3.81. The molecule has 4 aromatic rings. The molecule has 1 aromatic carbocycles. The van der Waals surface area contributed by atoms with Crippen molar-refractivity contribution in [3.8, 4) is 5.69 Å². The number of anilines is 1. The molecule has 1 unspecified atom stereocenters. The Balaban J connectivity index is 1.82. The molecule has 0 saturated carbocycles. The third-order valence-electron chi connectivity index (χ3n) is 5.41. The van der Waals surface area contributed by atoms with Crippen LogP contribution in [-0.4, -0.2) is 39.5 Å². The first-order chi connectivity index (χ1) is 15.1. The Morgan fingerprint density at radius 1 is 1.03 bits per heavy atom. The van der Waals surface area contributed by atoms with Gasteiger partial charge in [-0.3, -0.25) is 4.98 Å². The number of aryl methyl sites for hydroxylation is 4. The molecule has 0 amide bonds. The van der Waals surface area contributed by atoms with Gasteiger partial charge in [0.05, 0.1) is 33.0 Å². The van der Waals surface area contributed by atoms with Crippen LogP contribution in [0.1, 0.15) is 34.4 Å². The van der Waals surface area contributed by atoms with Gasteiger partial charge in [0.15, 0.2) is 21.7 Å². The quantitative estimate of drug-likeness (QED) is 0.447. The number of rotatable bonds is 5. The summed E-state index contributed by atoms with van der Waals surface area (Å²) < 4.78 is 25.2. The molecule has 4 rings (SSSR count). The minimum absolute atomic E-state index is 0.237. The molecule has 0 spiro atoms. The van der Waals surface area contributed by atoms with Crippen LogP contribution in [0.5, 0.6) is 0 Å². The van der Waals surface area contributed by atoms with Crippen molar-refractivity contribution in [3.05, 3.63) is 70.8 Å². The van der Waals surface area contributed by atoms with Gasteiger partial charge in [-0.1, -0.05) is 0 Å². The zero-order chi connectivity index (χ0) is 23.2. The first kappa shape index (κ1) is 21.9. The Morgan fingerprint density at radius 3 is 2.34 bits per heavy atom. The van der Waals surface area contributed by atoms with Crippen molar-refractivity contribution in [2.75, 3.05) is 11.6 Å². The predicted molar refractivity (Wildman–Crippen MR) is 124 cm³/mol. The molecule has 3 heterocycles. The van der Waals surface area contributed by atoms with Crippen LogP contribution in [0, 0.1) is 27.7 Å². The Hall–Kier alpha value is -3.30. The highest BCUT2D eigenvalue weighted by Crippen LogP contribution is 2.31. The number of pyridine rings is 2. The second-order valence-corrected chi connectivity index (χ2v) is 9.97. The summed E-state index contributed by atoms with van der Waals surface area (Å²) in [7, 11) is -3.29. The second kappa shape index (κ2) is 7.99. The number of aliphatic hydroxyl groups excluding tert-OH is 1. The highest BCUT2D eigenvalue weighted by Gasteiger charge is 2.21. The lowest BCUT2D eigenvalue weighted by molar-refractivity contribution is 0.209. The first-order valence-electron chi connectivity index (χ1n) is 10.1. The molecule has 0 aliphatic carbocycles. The minimum atomic E-state index is -3.29. The Bertz CT molecular complexity index is 1410. The highest BCUT2D eigenvalue weighted by atomic mass is 32.2. The molecular weight excluding hydrogens is 426 g/mol. The molecule has 166 valence electrons. The van der Waals surface area contributed by atoms with Crippen LogP contribution in [0.3, 0.4) is 0 Å². The molecule has 8 nitrogen and oxygen atoms in total. The molecule has 0 bridgehead atoms. The van der Waals surface area contributed by atoms with Crippen LogP contribution < -0.4 is 5.32 Å². The van der Waals surface area contributed by atoms with Crippen LogP contribution in [0.4, 0.5) is 5.69 Å². The number of aliphatic hydroxyl groups is 1. The van der Waals surface area contributed by atoms with Gasteiger partial charge in [0, 0.05) is 23.7 Å². The fraction of sp³-hybridized carbons (Fsp3) is 0.261. The number of hydrogen-bond acceptors (Lipinski definition) is 7. The van der Waals surface area contributed by atoms with Crippen molar-refractivity contribution in [1.82, 2.24) is 19.7 Å². The van der Waals surface area contributed by atoms with E-state index in [1.54, 1.807) is 35.1 Å². The average Bonchev–Trinajstić information content (AvgIpc) is 3.05. The summed E-state index contributed by atoms with van der Waals surface area (Å²) in [5, 5.41) is 19.7. The fourth-order valence-corrected chi connectivity index (χ4v) is 4.44. The molecule has 0 aliphatic rings. The number of aromatic nitrogens is 4. The normalized spacial score (nSPS) is 12.8. The van der Waals surface area contributed by atoms with Crippen LogP contribution in [-0.2, 0) is 9.84 Å². The van der Waals surface area contributed by atoms with E-state index in [0.29, 0.717) is 22.6 Å². The summed E-state index contributed by atoms with van der Waals surface area (Å²) in [6.45, 7) is 7.56.